The molecule has 1 saturated heterocycles. The van der Waals surface area contributed by atoms with Crippen molar-refractivity contribution in [3.05, 3.63) is 0 Å². The minimum Gasteiger partial charge on any atom is -0.481 e. The lowest BCUT2D eigenvalue weighted by Crippen LogP contribution is -2.43. The first-order chi connectivity index (χ1) is 5.63. The molecule has 4 nitrogen and oxygen atoms in total. The van der Waals surface area contributed by atoms with Crippen LogP contribution in [0.2, 0.25) is 0 Å². The number of carboxylic acids is 1. The molecule has 1 rings (SSSR count). The van der Waals surface area contributed by atoms with Gasteiger partial charge >= 0.3 is 5.97 Å². The van der Waals surface area contributed by atoms with E-state index in [1.54, 1.807) is 0 Å². The summed E-state index contributed by atoms with van der Waals surface area (Å²) in [5.74, 6) is -1.32. The van der Waals surface area contributed by atoms with E-state index in [1.165, 1.54) is 0 Å². The number of likely N-dealkylation sites (tertiary alicyclic amines) is 1. The van der Waals surface area contributed by atoms with Gasteiger partial charge in [-0.2, -0.15) is 0 Å². The number of hydrogen-bond donors (Lipinski definition) is 1. The van der Waals surface area contributed by atoms with E-state index in [1.807, 2.05) is 11.8 Å². The van der Waals surface area contributed by atoms with Gasteiger partial charge in [0.25, 0.3) is 0 Å². The molecule has 1 aliphatic heterocycles. The van der Waals surface area contributed by atoms with Gasteiger partial charge in [-0.1, -0.05) is 6.92 Å². The third-order valence-electron chi connectivity index (χ3n) is 2.15. The summed E-state index contributed by atoms with van der Waals surface area (Å²) >= 11 is 0. The fraction of sp³-hybridized carbons (Fsp3) is 0.750. The summed E-state index contributed by atoms with van der Waals surface area (Å²) in [6.07, 6.45) is 0.200. The summed E-state index contributed by atoms with van der Waals surface area (Å²) in [6.45, 7) is 3.60. The predicted octanol–water partition coefficient (Wildman–Crippen LogP) is -0.0181. The quantitative estimate of drug-likeness (QED) is 0.634. The number of Topliss-reactive ketones (excluding diaryl/α,β-unsaturated/α-hetero) is 1. The smallest absolute Gasteiger partial charge is 0.308 e. The topological polar surface area (TPSA) is 57.6 Å². The van der Waals surface area contributed by atoms with Crippen LogP contribution in [-0.4, -0.2) is 41.4 Å². The van der Waals surface area contributed by atoms with Crippen LogP contribution >= 0.6 is 0 Å². The van der Waals surface area contributed by atoms with E-state index in [0.29, 0.717) is 13.1 Å². The highest BCUT2D eigenvalue weighted by atomic mass is 16.4. The van der Waals surface area contributed by atoms with Crippen LogP contribution in [0, 0.1) is 5.92 Å². The van der Waals surface area contributed by atoms with Crippen molar-refractivity contribution in [1.29, 1.82) is 0 Å². The number of carbonyl (C=O) groups is 2. The summed E-state index contributed by atoms with van der Waals surface area (Å²) in [5.41, 5.74) is 0. The molecule has 0 bridgehead atoms. The molecule has 12 heavy (non-hydrogen) atoms. The molecule has 0 aliphatic carbocycles. The summed E-state index contributed by atoms with van der Waals surface area (Å²) in [7, 11) is 0. The van der Waals surface area contributed by atoms with Gasteiger partial charge in [0.1, 0.15) is 5.78 Å². The maximum atomic E-state index is 11.0. The van der Waals surface area contributed by atoms with Crippen molar-refractivity contribution in [3.8, 4) is 0 Å². The molecule has 1 aliphatic rings. The van der Waals surface area contributed by atoms with E-state index in [-0.39, 0.29) is 12.2 Å². The molecule has 1 fully saturated rings. The van der Waals surface area contributed by atoms with Crippen molar-refractivity contribution >= 4 is 11.8 Å². The van der Waals surface area contributed by atoms with Crippen molar-refractivity contribution in [2.24, 2.45) is 5.92 Å². The van der Waals surface area contributed by atoms with Gasteiger partial charge in [-0.15, -0.1) is 0 Å². The van der Waals surface area contributed by atoms with Crippen LogP contribution in [0.1, 0.15) is 13.3 Å². The maximum absolute atomic E-state index is 11.0. The molecule has 1 N–H and O–H groups in total. The number of carbonyl (C=O) groups excluding carboxylic acids is 1. The highest BCUT2D eigenvalue weighted by molar-refractivity contribution is 5.86. The Morgan fingerprint density at radius 2 is 2.42 bits per heavy atom. The molecule has 0 amide bonds. The van der Waals surface area contributed by atoms with Crippen molar-refractivity contribution in [2.75, 3.05) is 19.6 Å². The monoisotopic (exact) mass is 171 g/mol. The Bertz CT molecular complexity index is 202. The molecule has 0 aromatic rings. The van der Waals surface area contributed by atoms with Crippen molar-refractivity contribution < 1.29 is 14.7 Å². The van der Waals surface area contributed by atoms with Crippen LogP contribution in [-0.2, 0) is 9.59 Å². The number of likely N-dealkylation sites (N-methyl/N-ethyl adjacent to an activating group) is 1. The Balaban J connectivity index is 2.56. The normalized spacial score (nSPS) is 25.8. The summed E-state index contributed by atoms with van der Waals surface area (Å²) in [6, 6.07) is 0. The van der Waals surface area contributed by atoms with E-state index in [4.69, 9.17) is 5.11 Å². The van der Waals surface area contributed by atoms with Gasteiger partial charge in [0.05, 0.1) is 12.5 Å². The third kappa shape index (κ3) is 2.04. The van der Waals surface area contributed by atoms with E-state index in [2.05, 4.69) is 0 Å². The third-order valence-corrected chi connectivity index (χ3v) is 2.15. The molecule has 4 heteroatoms. The molecule has 1 unspecified atom stereocenters. The number of hydrogen-bond acceptors (Lipinski definition) is 3. The highest BCUT2D eigenvalue weighted by Crippen LogP contribution is 2.13. The van der Waals surface area contributed by atoms with Crippen LogP contribution in [0.25, 0.3) is 0 Å². The largest absolute Gasteiger partial charge is 0.481 e. The Morgan fingerprint density at radius 1 is 1.75 bits per heavy atom. The zero-order chi connectivity index (χ0) is 9.14. The maximum Gasteiger partial charge on any atom is 0.308 e. The Labute approximate surface area is 71.2 Å². The summed E-state index contributed by atoms with van der Waals surface area (Å²) < 4.78 is 0. The Morgan fingerprint density at radius 3 is 2.92 bits per heavy atom. The number of ketones is 1. The number of carboxylic acid groups (broad SMARTS) is 1. The van der Waals surface area contributed by atoms with Gasteiger partial charge in [0.15, 0.2) is 0 Å². The van der Waals surface area contributed by atoms with E-state index in [9.17, 15) is 9.59 Å². The highest BCUT2D eigenvalue weighted by Gasteiger charge is 2.28. The van der Waals surface area contributed by atoms with E-state index in [0.717, 1.165) is 6.54 Å². The lowest BCUT2D eigenvalue weighted by molar-refractivity contribution is -0.146. The lowest BCUT2D eigenvalue weighted by Gasteiger charge is -2.28. The average Bonchev–Trinajstić information content (AvgIpc) is 2.03. The lowest BCUT2D eigenvalue weighted by atomic mass is 9.97. The van der Waals surface area contributed by atoms with Crippen LogP contribution in [0.4, 0.5) is 0 Å². The first-order valence-electron chi connectivity index (χ1n) is 4.10. The second-order valence-electron chi connectivity index (χ2n) is 3.11. The molecule has 68 valence electrons. The van der Waals surface area contributed by atoms with Gasteiger partial charge in [0.2, 0.25) is 0 Å². The fourth-order valence-electron chi connectivity index (χ4n) is 1.44. The van der Waals surface area contributed by atoms with E-state index >= 15 is 0 Å². The van der Waals surface area contributed by atoms with Crippen LogP contribution in [0.15, 0.2) is 0 Å². The molecular weight excluding hydrogens is 158 g/mol. The van der Waals surface area contributed by atoms with E-state index < -0.39 is 11.9 Å². The number of rotatable bonds is 2. The first kappa shape index (κ1) is 9.19. The van der Waals surface area contributed by atoms with Crippen molar-refractivity contribution in [3.63, 3.8) is 0 Å². The predicted molar refractivity (Wildman–Crippen MR) is 42.9 cm³/mol. The number of nitrogens with zero attached hydrogens (tertiary/aromatic N) is 1. The van der Waals surface area contributed by atoms with Crippen LogP contribution < -0.4 is 0 Å². The SMILES string of the molecule is CCN1CC(=O)CC(C(=O)O)C1. The molecule has 0 saturated carbocycles. The van der Waals surface area contributed by atoms with Gasteiger partial charge in [0, 0.05) is 13.0 Å². The zero-order valence-electron chi connectivity index (χ0n) is 7.12. The standard InChI is InChI=1S/C8H13NO3/c1-2-9-4-6(8(11)12)3-7(10)5-9/h6H,2-5H2,1H3,(H,11,12). The number of aliphatic carboxylic acids is 1. The Hall–Kier alpha value is -0.900. The van der Waals surface area contributed by atoms with Gasteiger partial charge < -0.3 is 5.11 Å². The molecule has 0 aromatic heterocycles. The fourth-order valence-corrected chi connectivity index (χ4v) is 1.44. The van der Waals surface area contributed by atoms with Crippen molar-refractivity contribution in [2.45, 2.75) is 13.3 Å². The molecule has 0 radical (unpaired) electrons. The second kappa shape index (κ2) is 3.67. The molecule has 1 atom stereocenters. The number of piperidine rings is 1. The van der Waals surface area contributed by atoms with Crippen LogP contribution in [0.3, 0.4) is 0 Å². The molecular formula is C8H13NO3. The molecule has 0 aromatic carbocycles. The summed E-state index contributed by atoms with van der Waals surface area (Å²) in [4.78, 5) is 23.5. The zero-order valence-corrected chi connectivity index (χ0v) is 7.12. The second-order valence-corrected chi connectivity index (χ2v) is 3.11. The minimum absolute atomic E-state index is 0.0375. The first-order valence-corrected chi connectivity index (χ1v) is 4.10. The van der Waals surface area contributed by atoms with Crippen LogP contribution in [0.5, 0.6) is 0 Å². The van der Waals surface area contributed by atoms with Gasteiger partial charge in [-0.25, -0.2) is 0 Å². The van der Waals surface area contributed by atoms with Gasteiger partial charge in [-0.05, 0) is 6.54 Å². The Kier molecular flexibility index (Phi) is 2.81. The van der Waals surface area contributed by atoms with Crippen molar-refractivity contribution in [1.82, 2.24) is 4.90 Å². The van der Waals surface area contributed by atoms with Gasteiger partial charge in [-0.3, -0.25) is 14.5 Å². The summed E-state index contributed by atoms with van der Waals surface area (Å²) in [5, 5.41) is 8.69. The minimum atomic E-state index is -0.860. The molecule has 1 heterocycles. The average molecular weight is 171 g/mol. The molecule has 0 spiro atoms.